The van der Waals surface area contributed by atoms with Crippen LogP contribution in [0.3, 0.4) is 0 Å². The van der Waals surface area contributed by atoms with E-state index in [-0.39, 0.29) is 0 Å². The number of nitrogens with one attached hydrogen (secondary N) is 1. The van der Waals surface area contributed by atoms with Crippen molar-refractivity contribution >= 4 is 0 Å². The Morgan fingerprint density at radius 2 is 2.06 bits per heavy atom. The summed E-state index contributed by atoms with van der Waals surface area (Å²) >= 11 is 0. The highest BCUT2D eigenvalue weighted by atomic mass is 14.9. The summed E-state index contributed by atoms with van der Waals surface area (Å²) < 4.78 is 0. The van der Waals surface area contributed by atoms with Gasteiger partial charge in [-0.3, -0.25) is 0 Å². The molecule has 0 radical (unpaired) electrons. The van der Waals surface area contributed by atoms with Crippen molar-refractivity contribution in [1.29, 1.82) is 0 Å². The van der Waals surface area contributed by atoms with E-state index in [0.29, 0.717) is 11.5 Å². The lowest BCUT2D eigenvalue weighted by Gasteiger charge is -2.48. The Morgan fingerprint density at radius 3 is 2.94 bits per heavy atom. The van der Waals surface area contributed by atoms with Gasteiger partial charge in [-0.1, -0.05) is 38.1 Å². The molecular formula is C15H21N. The molecule has 1 aliphatic heterocycles. The molecule has 0 amide bonds. The van der Waals surface area contributed by atoms with Gasteiger partial charge in [-0.15, -0.1) is 0 Å². The van der Waals surface area contributed by atoms with Crippen LogP contribution in [0.2, 0.25) is 0 Å². The average Bonchev–Trinajstić information content (AvgIpc) is 2.29. The second-order valence-electron chi connectivity index (χ2n) is 5.89. The molecule has 1 aromatic carbocycles. The van der Waals surface area contributed by atoms with Gasteiger partial charge in [-0.05, 0) is 48.3 Å². The smallest absolute Gasteiger partial charge is 0.0144 e. The van der Waals surface area contributed by atoms with Crippen LogP contribution in [0.25, 0.3) is 0 Å². The summed E-state index contributed by atoms with van der Waals surface area (Å²) in [5.41, 5.74) is 3.48. The maximum atomic E-state index is 3.72. The second kappa shape index (κ2) is 3.59. The zero-order valence-corrected chi connectivity index (χ0v) is 10.3. The van der Waals surface area contributed by atoms with Crippen LogP contribution in [-0.4, -0.2) is 12.6 Å². The topological polar surface area (TPSA) is 12.0 Å². The van der Waals surface area contributed by atoms with E-state index in [0.717, 1.165) is 5.92 Å². The summed E-state index contributed by atoms with van der Waals surface area (Å²) in [7, 11) is 0. The maximum absolute atomic E-state index is 3.72. The quantitative estimate of drug-likeness (QED) is 0.701. The fourth-order valence-electron chi connectivity index (χ4n) is 3.79. The van der Waals surface area contributed by atoms with Gasteiger partial charge >= 0.3 is 0 Å². The molecule has 1 N–H and O–H groups in total. The van der Waals surface area contributed by atoms with Gasteiger partial charge in [0.2, 0.25) is 0 Å². The van der Waals surface area contributed by atoms with Gasteiger partial charge in [0.25, 0.3) is 0 Å². The predicted molar refractivity (Wildman–Crippen MR) is 67.7 cm³/mol. The third-order valence-electron chi connectivity index (χ3n) is 4.66. The van der Waals surface area contributed by atoms with E-state index in [1.807, 2.05) is 0 Å². The minimum absolute atomic E-state index is 0.340. The van der Waals surface area contributed by atoms with E-state index in [4.69, 9.17) is 0 Å². The lowest BCUT2D eigenvalue weighted by atomic mass is 9.61. The van der Waals surface area contributed by atoms with E-state index in [1.165, 1.54) is 25.8 Å². The van der Waals surface area contributed by atoms with Crippen LogP contribution in [-0.2, 0) is 11.8 Å². The van der Waals surface area contributed by atoms with Crippen LogP contribution in [0.4, 0.5) is 0 Å². The Labute approximate surface area is 98.3 Å². The number of benzene rings is 1. The summed E-state index contributed by atoms with van der Waals surface area (Å²) in [5.74, 6) is 0.816. The fraction of sp³-hybridized carbons (Fsp3) is 0.600. The summed E-state index contributed by atoms with van der Waals surface area (Å²) in [6.07, 6.45) is 3.95. The van der Waals surface area contributed by atoms with E-state index >= 15 is 0 Å². The first-order chi connectivity index (χ1) is 7.69. The number of rotatable bonds is 0. The van der Waals surface area contributed by atoms with Crippen LogP contribution in [0.5, 0.6) is 0 Å². The number of hydrogen-bond acceptors (Lipinski definition) is 1. The fourth-order valence-corrected chi connectivity index (χ4v) is 3.79. The first kappa shape index (κ1) is 10.3. The molecule has 2 aliphatic rings. The molecule has 1 aliphatic carbocycles. The van der Waals surface area contributed by atoms with E-state index in [1.54, 1.807) is 11.1 Å². The van der Waals surface area contributed by atoms with Crippen LogP contribution in [0.15, 0.2) is 24.3 Å². The molecule has 3 rings (SSSR count). The number of piperidine rings is 1. The summed E-state index contributed by atoms with van der Waals surface area (Å²) in [5, 5.41) is 3.72. The molecule has 1 heteroatoms. The normalized spacial score (nSPS) is 31.6. The maximum Gasteiger partial charge on any atom is 0.0144 e. The van der Waals surface area contributed by atoms with Crippen LogP contribution in [0.1, 0.15) is 37.8 Å². The monoisotopic (exact) mass is 215 g/mol. The second-order valence-corrected chi connectivity index (χ2v) is 5.89. The lowest BCUT2D eigenvalue weighted by molar-refractivity contribution is 0.168. The number of hydrogen-bond donors (Lipinski definition) is 1. The van der Waals surface area contributed by atoms with Crippen molar-refractivity contribution in [3.05, 3.63) is 35.4 Å². The van der Waals surface area contributed by atoms with Crippen molar-refractivity contribution in [3.63, 3.8) is 0 Å². The van der Waals surface area contributed by atoms with Crippen molar-refractivity contribution in [1.82, 2.24) is 5.32 Å². The third-order valence-corrected chi connectivity index (χ3v) is 4.66. The van der Waals surface area contributed by atoms with Gasteiger partial charge in [0.1, 0.15) is 0 Å². The van der Waals surface area contributed by atoms with Crippen molar-refractivity contribution < 1.29 is 0 Å². The molecule has 86 valence electrons. The SMILES string of the molecule is CC1(C)c2ccccc2CC2NCCCC21. The van der Waals surface area contributed by atoms with Gasteiger partial charge in [0.15, 0.2) is 0 Å². The molecule has 1 fully saturated rings. The number of fused-ring (bicyclic) bond motifs is 2. The zero-order chi connectivity index (χ0) is 11.2. The largest absolute Gasteiger partial charge is 0.313 e. The molecule has 2 unspecified atom stereocenters. The lowest BCUT2D eigenvalue weighted by Crippen LogP contribution is -2.53. The summed E-state index contributed by atoms with van der Waals surface area (Å²) in [6, 6.07) is 9.72. The van der Waals surface area contributed by atoms with Crippen LogP contribution in [0, 0.1) is 5.92 Å². The molecule has 1 nitrogen and oxygen atoms in total. The molecule has 0 aromatic heterocycles. The highest BCUT2D eigenvalue weighted by molar-refractivity contribution is 5.38. The molecule has 0 spiro atoms. The van der Waals surface area contributed by atoms with Crippen molar-refractivity contribution in [3.8, 4) is 0 Å². The Bertz CT molecular complexity index is 394. The van der Waals surface area contributed by atoms with Crippen LogP contribution < -0.4 is 5.32 Å². The van der Waals surface area contributed by atoms with Crippen molar-refractivity contribution in [2.45, 2.75) is 44.6 Å². The van der Waals surface area contributed by atoms with E-state index in [2.05, 4.69) is 43.4 Å². The Balaban J connectivity index is 2.07. The summed E-state index contributed by atoms with van der Waals surface area (Å²) in [6.45, 7) is 6.06. The first-order valence-electron chi connectivity index (χ1n) is 6.51. The van der Waals surface area contributed by atoms with Gasteiger partial charge in [0.05, 0.1) is 0 Å². The van der Waals surface area contributed by atoms with Gasteiger partial charge in [-0.2, -0.15) is 0 Å². The Kier molecular flexibility index (Phi) is 2.32. The standard InChI is InChI=1S/C15H21N/c1-15(2)12-7-4-3-6-11(12)10-14-13(15)8-5-9-16-14/h3-4,6-7,13-14,16H,5,8-10H2,1-2H3. The first-order valence-corrected chi connectivity index (χ1v) is 6.51. The highest BCUT2D eigenvalue weighted by Gasteiger charge is 2.42. The zero-order valence-electron chi connectivity index (χ0n) is 10.3. The summed E-state index contributed by atoms with van der Waals surface area (Å²) in [4.78, 5) is 0. The molecule has 1 aromatic rings. The van der Waals surface area contributed by atoms with E-state index in [9.17, 15) is 0 Å². The molecule has 1 heterocycles. The highest BCUT2D eigenvalue weighted by Crippen LogP contribution is 2.44. The molecule has 0 saturated carbocycles. The molecule has 0 bridgehead atoms. The van der Waals surface area contributed by atoms with Crippen molar-refractivity contribution in [2.24, 2.45) is 5.92 Å². The van der Waals surface area contributed by atoms with Gasteiger partial charge in [-0.25, -0.2) is 0 Å². The van der Waals surface area contributed by atoms with Crippen molar-refractivity contribution in [2.75, 3.05) is 6.54 Å². The molecular weight excluding hydrogens is 194 g/mol. The Morgan fingerprint density at radius 1 is 1.25 bits per heavy atom. The predicted octanol–water partition coefficient (Wildman–Crippen LogP) is 2.89. The third kappa shape index (κ3) is 1.41. The Hall–Kier alpha value is -0.820. The minimum atomic E-state index is 0.340. The molecule has 1 saturated heterocycles. The van der Waals surface area contributed by atoms with Crippen LogP contribution >= 0.6 is 0 Å². The molecule has 2 atom stereocenters. The average molecular weight is 215 g/mol. The molecule has 16 heavy (non-hydrogen) atoms. The van der Waals surface area contributed by atoms with Gasteiger partial charge in [0, 0.05) is 6.04 Å². The van der Waals surface area contributed by atoms with Gasteiger partial charge < -0.3 is 5.32 Å². The van der Waals surface area contributed by atoms with E-state index < -0.39 is 0 Å². The minimum Gasteiger partial charge on any atom is -0.313 e.